The van der Waals surface area contributed by atoms with E-state index in [4.69, 9.17) is 14.6 Å². The molecule has 2 fully saturated rings. The lowest BCUT2D eigenvalue weighted by atomic mass is 9.89. The predicted octanol–water partition coefficient (Wildman–Crippen LogP) is -0.127. The molecule has 1 saturated heterocycles. The first-order valence-corrected chi connectivity index (χ1v) is 5.46. The van der Waals surface area contributed by atoms with Crippen molar-refractivity contribution in [3.05, 3.63) is 0 Å². The van der Waals surface area contributed by atoms with Crippen LogP contribution in [0, 0.1) is 0 Å². The van der Waals surface area contributed by atoms with E-state index < -0.39 is 17.7 Å². The van der Waals surface area contributed by atoms with Crippen LogP contribution in [-0.4, -0.2) is 42.0 Å². The van der Waals surface area contributed by atoms with Gasteiger partial charge in [0.25, 0.3) is 0 Å². The predicted molar refractivity (Wildman–Crippen MR) is 52.7 cm³/mol. The average molecular weight is 229 g/mol. The average Bonchev–Trinajstić information content (AvgIpc) is 2.71. The summed E-state index contributed by atoms with van der Waals surface area (Å²) in [4.78, 5) is 21.6. The third kappa shape index (κ3) is 2.03. The highest BCUT2D eigenvalue weighted by Crippen LogP contribution is 2.35. The molecule has 1 amide bonds. The number of hydrogen-bond acceptors (Lipinski definition) is 4. The van der Waals surface area contributed by atoms with Gasteiger partial charge in [0.15, 0.2) is 5.79 Å². The number of carbonyl (C=O) groups is 2. The lowest BCUT2D eigenvalue weighted by Crippen LogP contribution is -2.56. The van der Waals surface area contributed by atoms with E-state index >= 15 is 0 Å². The number of amides is 1. The van der Waals surface area contributed by atoms with Crippen LogP contribution < -0.4 is 5.32 Å². The Balaban J connectivity index is 2.05. The summed E-state index contributed by atoms with van der Waals surface area (Å²) < 4.78 is 11.1. The molecule has 2 N–H and O–H groups in total. The van der Waals surface area contributed by atoms with Gasteiger partial charge in [0.05, 0.1) is 19.3 Å². The van der Waals surface area contributed by atoms with Gasteiger partial charge in [-0.15, -0.1) is 0 Å². The molecule has 2 rings (SSSR count). The maximum atomic E-state index is 11.1. The molecule has 0 bridgehead atoms. The molecule has 1 unspecified atom stereocenters. The normalized spacial score (nSPS) is 27.9. The van der Waals surface area contributed by atoms with Crippen molar-refractivity contribution in [2.24, 2.45) is 0 Å². The minimum atomic E-state index is -1.47. The quantitative estimate of drug-likeness (QED) is 0.612. The molecule has 1 aliphatic heterocycles. The lowest BCUT2D eigenvalue weighted by Gasteiger charge is -2.39. The topological polar surface area (TPSA) is 84.9 Å². The third-order valence-corrected chi connectivity index (χ3v) is 3.07. The Bertz CT molecular complexity index is 298. The molecule has 0 radical (unpaired) electrons. The van der Waals surface area contributed by atoms with E-state index in [1.165, 1.54) is 0 Å². The molecular formula is C10H15NO5. The molecule has 1 atom stereocenters. The summed E-state index contributed by atoms with van der Waals surface area (Å²) in [7, 11) is 0. The van der Waals surface area contributed by atoms with Crippen LogP contribution in [0.3, 0.4) is 0 Å². The zero-order valence-corrected chi connectivity index (χ0v) is 8.90. The van der Waals surface area contributed by atoms with Crippen LogP contribution in [0.15, 0.2) is 0 Å². The summed E-state index contributed by atoms with van der Waals surface area (Å²) in [5.41, 5.74) is 0. The fourth-order valence-electron chi connectivity index (χ4n) is 2.33. The Morgan fingerprint density at radius 2 is 1.94 bits per heavy atom. The van der Waals surface area contributed by atoms with Crippen molar-refractivity contribution >= 4 is 11.9 Å². The van der Waals surface area contributed by atoms with Crippen molar-refractivity contribution in [1.29, 1.82) is 0 Å². The van der Waals surface area contributed by atoms with Crippen LogP contribution in [0.25, 0.3) is 0 Å². The second-order valence-corrected chi connectivity index (χ2v) is 4.09. The number of carboxylic acid groups (broad SMARTS) is 1. The first-order valence-electron chi connectivity index (χ1n) is 5.46. The van der Waals surface area contributed by atoms with Gasteiger partial charge in [-0.3, -0.25) is 4.79 Å². The highest BCUT2D eigenvalue weighted by molar-refractivity contribution is 6.31. The van der Waals surface area contributed by atoms with Gasteiger partial charge >= 0.3 is 11.9 Å². The van der Waals surface area contributed by atoms with E-state index in [-0.39, 0.29) is 6.04 Å². The van der Waals surface area contributed by atoms with Crippen LogP contribution in [0.5, 0.6) is 0 Å². The number of aliphatic carboxylic acids is 1. The zero-order valence-electron chi connectivity index (χ0n) is 8.90. The van der Waals surface area contributed by atoms with Crippen molar-refractivity contribution in [3.63, 3.8) is 0 Å². The van der Waals surface area contributed by atoms with E-state index in [0.29, 0.717) is 26.1 Å². The van der Waals surface area contributed by atoms with Crippen molar-refractivity contribution < 1.29 is 24.2 Å². The summed E-state index contributed by atoms with van der Waals surface area (Å²) in [5.74, 6) is -3.26. The fourth-order valence-corrected chi connectivity index (χ4v) is 2.33. The second-order valence-electron chi connectivity index (χ2n) is 4.09. The van der Waals surface area contributed by atoms with E-state index in [0.717, 1.165) is 12.8 Å². The first kappa shape index (κ1) is 11.3. The van der Waals surface area contributed by atoms with E-state index in [1.807, 2.05) is 0 Å². The van der Waals surface area contributed by atoms with Crippen LogP contribution in [0.2, 0.25) is 0 Å². The van der Waals surface area contributed by atoms with Gasteiger partial charge in [-0.1, -0.05) is 6.42 Å². The highest BCUT2D eigenvalue weighted by atomic mass is 16.7. The number of ether oxygens (including phenoxy) is 2. The van der Waals surface area contributed by atoms with Gasteiger partial charge < -0.3 is 19.9 Å². The van der Waals surface area contributed by atoms with Gasteiger partial charge in [0.1, 0.15) is 0 Å². The Morgan fingerprint density at radius 3 is 2.56 bits per heavy atom. The maximum absolute atomic E-state index is 11.1. The van der Waals surface area contributed by atoms with Crippen molar-refractivity contribution in [1.82, 2.24) is 5.32 Å². The molecule has 0 aromatic rings. The summed E-state index contributed by atoms with van der Waals surface area (Å²) in [6.07, 6.45) is 3.31. The van der Waals surface area contributed by atoms with Gasteiger partial charge in [-0.05, 0) is 12.8 Å². The Morgan fingerprint density at radius 1 is 1.25 bits per heavy atom. The molecule has 1 heterocycles. The van der Waals surface area contributed by atoms with Crippen LogP contribution in [0.1, 0.15) is 25.7 Å². The minimum absolute atomic E-state index is 0.354. The molecule has 90 valence electrons. The van der Waals surface area contributed by atoms with Crippen molar-refractivity contribution in [3.8, 4) is 0 Å². The van der Waals surface area contributed by atoms with Crippen LogP contribution >= 0.6 is 0 Å². The Hall–Kier alpha value is -1.14. The molecular weight excluding hydrogens is 214 g/mol. The highest BCUT2D eigenvalue weighted by Gasteiger charge is 2.47. The molecule has 1 aliphatic carbocycles. The number of rotatable bonds is 1. The largest absolute Gasteiger partial charge is 0.474 e. The van der Waals surface area contributed by atoms with E-state index in [2.05, 4.69) is 5.32 Å². The standard InChI is InChI=1S/C10H15NO5/c12-8(9(13)14)11-7-3-1-2-4-10(7)15-5-6-16-10/h7H,1-6H2,(H,11,12)(H,13,14). The molecule has 0 aromatic carbocycles. The van der Waals surface area contributed by atoms with Gasteiger partial charge in [-0.25, -0.2) is 4.79 Å². The molecule has 1 spiro atoms. The summed E-state index contributed by atoms with van der Waals surface area (Å²) in [6, 6.07) is -0.354. The second kappa shape index (κ2) is 4.39. The summed E-state index contributed by atoms with van der Waals surface area (Å²) in [6.45, 7) is 0.999. The number of hydrogen-bond donors (Lipinski definition) is 2. The number of carboxylic acids is 1. The molecule has 1 saturated carbocycles. The van der Waals surface area contributed by atoms with Crippen molar-refractivity contribution in [2.45, 2.75) is 37.5 Å². The molecule has 6 nitrogen and oxygen atoms in total. The van der Waals surface area contributed by atoms with E-state index in [1.54, 1.807) is 0 Å². The Labute approximate surface area is 92.9 Å². The van der Waals surface area contributed by atoms with E-state index in [9.17, 15) is 9.59 Å². The Kier molecular flexibility index (Phi) is 3.11. The first-order chi connectivity index (χ1) is 7.64. The van der Waals surface area contributed by atoms with Crippen LogP contribution in [-0.2, 0) is 19.1 Å². The third-order valence-electron chi connectivity index (χ3n) is 3.07. The van der Waals surface area contributed by atoms with Crippen LogP contribution in [0.4, 0.5) is 0 Å². The van der Waals surface area contributed by atoms with Crippen molar-refractivity contribution in [2.75, 3.05) is 13.2 Å². The monoisotopic (exact) mass is 229 g/mol. The van der Waals surface area contributed by atoms with Gasteiger partial charge in [0, 0.05) is 6.42 Å². The van der Waals surface area contributed by atoms with Gasteiger partial charge in [-0.2, -0.15) is 0 Å². The maximum Gasteiger partial charge on any atom is 0.394 e. The lowest BCUT2D eigenvalue weighted by molar-refractivity contribution is -0.196. The SMILES string of the molecule is O=C(O)C(=O)NC1CCCCC12OCCO2. The van der Waals surface area contributed by atoms with Gasteiger partial charge in [0.2, 0.25) is 0 Å². The summed E-state index contributed by atoms with van der Waals surface area (Å²) in [5, 5.41) is 11.0. The minimum Gasteiger partial charge on any atom is -0.474 e. The smallest absolute Gasteiger partial charge is 0.394 e. The molecule has 0 aromatic heterocycles. The fraction of sp³-hybridized carbons (Fsp3) is 0.800. The zero-order chi connectivity index (χ0) is 11.6. The number of nitrogens with one attached hydrogen (secondary N) is 1. The number of carbonyl (C=O) groups excluding carboxylic acids is 1. The molecule has 6 heteroatoms. The molecule has 16 heavy (non-hydrogen) atoms. The summed E-state index contributed by atoms with van der Waals surface area (Å²) >= 11 is 0. The molecule has 2 aliphatic rings.